The largest absolute Gasteiger partial charge is 0.0616 e. The topological polar surface area (TPSA) is 0 Å². The summed E-state index contributed by atoms with van der Waals surface area (Å²) < 4.78 is 0. The third-order valence-electron chi connectivity index (χ3n) is 4.41. The molecular weight excluding hydrogens is 240 g/mol. The van der Waals surface area contributed by atoms with Gasteiger partial charge >= 0.3 is 0 Å². The molecular formula is C20H22. The van der Waals surface area contributed by atoms with E-state index < -0.39 is 0 Å². The Morgan fingerprint density at radius 3 is 1.90 bits per heavy atom. The SMILES string of the molecule is CCc1cc2cc3ccccc3cc2c(CC)c1CC. The summed E-state index contributed by atoms with van der Waals surface area (Å²) in [6.07, 6.45) is 3.37. The van der Waals surface area contributed by atoms with Crippen LogP contribution in [0.25, 0.3) is 21.5 Å². The van der Waals surface area contributed by atoms with Crippen LogP contribution in [0.1, 0.15) is 37.5 Å². The summed E-state index contributed by atoms with van der Waals surface area (Å²) in [6, 6.07) is 15.8. The summed E-state index contributed by atoms with van der Waals surface area (Å²) in [6.45, 7) is 6.82. The summed E-state index contributed by atoms with van der Waals surface area (Å²) in [5.74, 6) is 0. The van der Waals surface area contributed by atoms with Gasteiger partial charge in [-0.25, -0.2) is 0 Å². The quantitative estimate of drug-likeness (QED) is 0.533. The molecule has 0 aliphatic rings. The Bertz CT molecular complexity index is 766. The first-order chi connectivity index (χ1) is 9.78. The zero-order valence-corrected chi connectivity index (χ0v) is 12.7. The summed E-state index contributed by atoms with van der Waals surface area (Å²) in [4.78, 5) is 0. The van der Waals surface area contributed by atoms with Crippen LogP contribution in [0.2, 0.25) is 0 Å². The smallest absolute Gasteiger partial charge is 0.0143 e. The molecule has 0 atom stereocenters. The van der Waals surface area contributed by atoms with E-state index in [1.165, 1.54) is 27.1 Å². The Hall–Kier alpha value is -1.82. The minimum Gasteiger partial charge on any atom is -0.0616 e. The standard InChI is InChI=1S/C20H22/c1-4-14-11-17-12-15-9-7-8-10-16(15)13-20(17)19(6-3)18(14)5-2/h7-13H,4-6H2,1-3H3. The molecule has 0 aromatic heterocycles. The molecule has 0 heterocycles. The van der Waals surface area contributed by atoms with Crippen LogP contribution in [0.5, 0.6) is 0 Å². The number of fused-ring (bicyclic) bond motifs is 2. The van der Waals surface area contributed by atoms with Gasteiger partial charge in [0.2, 0.25) is 0 Å². The van der Waals surface area contributed by atoms with Crippen LogP contribution in [0.4, 0.5) is 0 Å². The molecule has 0 saturated heterocycles. The molecule has 102 valence electrons. The first kappa shape index (κ1) is 13.2. The zero-order valence-electron chi connectivity index (χ0n) is 12.7. The van der Waals surface area contributed by atoms with Gasteiger partial charge in [0.05, 0.1) is 0 Å². The molecule has 3 rings (SSSR count). The minimum atomic E-state index is 1.12. The average molecular weight is 262 g/mol. The Kier molecular flexibility index (Phi) is 3.48. The van der Waals surface area contributed by atoms with Gasteiger partial charge in [0, 0.05) is 0 Å². The van der Waals surface area contributed by atoms with Gasteiger partial charge < -0.3 is 0 Å². The molecule has 0 aliphatic carbocycles. The molecule has 0 nitrogen and oxygen atoms in total. The highest BCUT2D eigenvalue weighted by Gasteiger charge is 2.10. The van der Waals surface area contributed by atoms with Crippen LogP contribution in [0.3, 0.4) is 0 Å². The first-order valence-electron chi connectivity index (χ1n) is 7.74. The Labute approximate surface area is 121 Å². The van der Waals surface area contributed by atoms with E-state index in [1.807, 2.05) is 0 Å². The third-order valence-corrected chi connectivity index (χ3v) is 4.41. The summed E-state index contributed by atoms with van der Waals surface area (Å²) in [5, 5.41) is 5.53. The van der Waals surface area contributed by atoms with Gasteiger partial charge in [0.15, 0.2) is 0 Å². The van der Waals surface area contributed by atoms with E-state index in [1.54, 1.807) is 11.1 Å². The second kappa shape index (κ2) is 5.28. The second-order valence-electron chi connectivity index (χ2n) is 5.47. The highest BCUT2D eigenvalue weighted by molar-refractivity contribution is 6.00. The van der Waals surface area contributed by atoms with Crippen molar-refractivity contribution >= 4 is 21.5 Å². The van der Waals surface area contributed by atoms with E-state index >= 15 is 0 Å². The molecule has 3 aromatic carbocycles. The fraction of sp³-hybridized carbons (Fsp3) is 0.300. The maximum absolute atomic E-state index is 2.40. The van der Waals surface area contributed by atoms with Gasteiger partial charge in [-0.1, -0.05) is 51.1 Å². The van der Waals surface area contributed by atoms with Crippen molar-refractivity contribution in [1.29, 1.82) is 0 Å². The van der Waals surface area contributed by atoms with Crippen molar-refractivity contribution in [2.45, 2.75) is 40.0 Å². The van der Waals surface area contributed by atoms with Crippen LogP contribution in [0.15, 0.2) is 42.5 Å². The molecule has 0 heteroatoms. The molecule has 0 spiro atoms. The van der Waals surface area contributed by atoms with Crippen molar-refractivity contribution in [1.82, 2.24) is 0 Å². The predicted molar refractivity (Wildman–Crippen MR) is 89.6 cm³/mol. The van der Waals surface area contributed by atoms with Crippen molar-refractivity contribution in [3.8, 4) is 0 Å². The molecule has 0 amide bonds. The van der Waals surface area contributed by atoms with Gasteiger partial charge in [-0.15, -0.1) is 0 Å². The summed E-state index contributed by atoms with van der Waals surface area (Å²) in [5.41, 5.74) is 4.64. The number of aryl methyl sites for hydroxylation is 2. The van der Waals surface area contributed by atoms with Crippen molar-refractivity contribution in [3.05, 3.63) is 59.2 Å². The lowest BCUT2D eigenvalue weighted by atomic mass is 9.89. The van der Waals surface area contributed by atoms with E-state index in [0.717, 1.165) is 19.3 Å². The fourth-order valence-corrected chi connectivity index (χ4v) is 3.43. The monoisotopic (exact) mass is 262 g/mol. The van der Waals surface area contributed by atoms with Crippen LogP contribution in [0, 0.1) is 0 Å². The lowest BCUT2D eigenvalue weighted by molar-refractivity contribution is 0.994. The highest BCUT2D eigenvalue weighted by atomic mass is 14.1. The number of hydrogen-bond donors (Lipinski definition) is 0. The molecule has 0 N–H and O–H groups in total. The van der Waals surface area contributed by atoms with Crippen LogP contribution in [-0.4, -0.2) is 0 Å². The maximum atomic E-state index is 2.40. The molecule has 0 fully saturated rings. The van der Waals surface area contributed by atoms with Gasteiger partial charge in [-0.2, -0.15) is 0 Å². The van der Waals surface area contributed by atoms with Gasteiger partial charge in [0.25, 0.3) is 0 Å². The maximum Gasteiger partial charge on any atom is -0.0143 e. The van der Waals surface area contributed by atoms with Crippen molar-refractivity contribution in [2.75, 3.05) is 0 Å². The van der Waals surface area contributed by atoms with Gasteiger partial charge in [-0.3, -0.25) is 0 Å². The van der Waals surface area contributed by atoms with Crippen LogP contribution < -0.4 is 0 Å². The first-order valence-corrected chi connectivity index (χ1v) is 7.74. The van der Waals surface area contributed by atoms with Gasteiger partial charge in [-0.05, 0) is 69.6 Å². The normalized spacial score (nSPS) is 11.3. The van der Waals surface area contributed by atoms with E-state index in [-0.39, 0.29) is 0 Å². The molecule has 3 aromatic rings. The second-order valence-corrected chi connectivity index (χ2v) is 5.47. The Balaban J connectivity index is 2.44. The van der Waals surface area contributed by atoms with Crippen LogP contribution in [-0.2, 0) is 19.3 Å². The van der Waals surface area contributed by atoms with Crippen molar-refractivity contribution in [2.24, 2.45) is 0 Å². The number of rotatable bonds is 3. The van der Waals surface area contributed by atoms with Crippen molar-refractivity contribution < 1.29 is 0 Å². The predicted octanol–water partition coefficient (Wildman–Crippen LogP) is 5.68. The number of benzene rings is 3. The van der Waals surface area contributed by atoms with E-state index in [2.05, 4.69) is 63.2 Å². The van der Waals surface area contributed by atoms with E-state index in [0.29, 0.717) is 0 Å². The fourth-order valence-electron chi connectivity index (χ4n) is 3.43. The lowest BCUT2D eigenvalue weighted by Crippen LogP contribution is -1.99. The van der Waals surface area contributed by atoms with Gasteiger partial charge in [0.1, 0.15) is 0 Å². The molecule has 0 bridgehead atoms. The Morgan fingerprint density at radius 1 is 0.650 bits per heavy atom. The number of hydrogen-bond acceptors (Lipinski definition) is 0. The molecule has 0 aliphatic heterocycles. The lowest BCUT2D eigenvalue weighted by Gasteiger charge is -2.16. The zero-order chi connectivity index (χ0) is 14.1. The Morgan fingerprint density at radius 2 is 1.30 bits per heavy atom. The molecule has 20 heavy (non-hydrogen) atoms. The van der Waals surface area contributed by atoms with E-state index in [4.69, 9.17) is 0 Å². The highest BCUT2D eigenvalue weighted by Crippen LogP contribution is 2.31. The van der Waals surface area contributed by atoms with Crippen LogP contribution >= 0.6 is 0 Å². The average Bonchev–Trinajstić information content (AvgIpc) is 2.50. The summed E-state index contributed by atoms with van der Waals surface area (Å²) >= 11 is 0. The minimum absolute atomic E-state index is 1.12. The molecule has 0 saturated carbocycles. The van der Waals surface area contributed by atoms with Crippen molar-refractivity contribution in [3.63, 3.8) is 0 Å². The molecule has 0 radical (unpaired) electrons. The third kappa shape index (κ3) is 2.00. The van der Waals surface area contributed by atoms with E-state index in [9.17, 15) is 0 Å². The molecule has 0 unspecified atom stereocenters. The summed E-state index contributed by atoms with van der Waals surface area (Å²) in [7, 11) is 0.